The van der Waals surface area contributed by atoms with Crippen LogP contribution in [0.3, 0.4) is 0 Å². The highest BCUT2D eigenvalue weighted by Crippen LogP contribution is 2.33. The van der Waals surface area contributed by atoms with Crippen molar-refractivity contribution in [1.29, 1.82) is 0 Å². The molecule has 5 nitrogen and oxygen atoms in total. The summed E-state index contributed by atoms with van der Waals surface area (Å²) in [6, 6.07) is 12.8. The Bertz CT molecular complexity index is 854. The fourth-order valence-corrected chi connectivity index (χ4v) is 3.49. The third kappa shape index (κ3) is 3.00. The highest BCUT2D eigenvalue weighted by molar-refractivity contribution is 7.98. The number of hydrogen-bond donors (Lipinski definition) is 0. The summed E-state index contributed by atoms with van der Waals surface area (Å²) in [6.07, 6.45) is 1.67. The standard InChI is InChI=1S/C17H14FN3O2S/c18-14-6-12-8-22-11-23-16(12)13(7-14)9-24-17-20-19-10-21(17)15-4-2-1-3-5-15/h1-7,10H,8-9,11H2. The number of benzene rings is 2. The first-order valence-electron chi connectivity index (χ1n) is 7.41. The molecule has 0 spiro atoms. The SMILES string of the molecule is Fc1cc2c(c(CSc3nncn3-c3ccccc3)c1)OCOC2. The van der Waals surface area contributed by atoms with Gasteiger partial charge in [0, 0.05) is 22.6 Å². The molecule has 0 atom stereocenters. The number of halogens is 1. The van der Waals surface area contributed by atoms with E-state index < -0.39 is 0 Å². The highest BCUT2D eigenvalue weighted by atomic mass is 32.2. The van der Waals surface area contributed by atoms with Crippen LogP contribution in [-0.2, 0) is 17.1 Å². The number of fused-ring (bicyclic) bond motifs is 1. The monoisotopic (exact) mass is 343 g/mol. The smallest absolute Gasteiger partial charge is 0.195 e. The van der Waals surface area contributed by atoms with Gasteiger partial charge in [0.2, 0.25) is 0 Å². The van der Waals surface area contributed by atoms with Crippen LogP contribution in [0.25, 0.3) is 5.69 Å². The summed E-state index contributed by atoms with van der Waals surface area (Å²) in [6.45, 7) is 0.557. The molecule has 7 heteroatoms. The van der Waals surface area contributed by atoms with Crippen molar-refractivity contribution in [3.8, 4) is 11.4 Å². The number of ether oxygens (including phenoxy) is 2. The van der Waals surface area contributed by atoms with Gasteiger partial charge in [0.25, 0.3) is 0 Å². The molecule has 122 valence electrons. The number of para-hydroxylation sites is 1. The molecule has 0 bridgehead atoms. The van der Waals surface area contributed by atoms with E-state index in [0.717, 1.165) is 22.0 Å². The van der Waals surface area contributed by atoms with E-state index in [1.54, 1.807) is 6.33 Å². The highest BCUT2D eigenvalue weighted by Gasteiger charge is 2.18. The Morgan fingerprint density at radius 2 is 2.08 bits per heavy atom. The zero-order valence-electron chi connectivity index (χ0n) is 12.7. The molecule has 0 fully saturated rings. The molecule has 1 aliphatic heterocycles. The number of hydrogen-bond acceptors (Lipinski definition) is 5. The van der Waals surface area contributed by atoms with Crippen LogP contribution in [0.1, 0.15) is 11.1 Å². The molecule has 0 aliphatic carbocycles. The van der Waals surface area contributed by atoms with E-state index in [1.807, 2.05) is 34.9 Å². The van der Waals surface area contributed by atoms with Crippen molar-refractivity contribution in [2.45, 2.75) is 17.5 Å². The molecule has 1 aliphatic rings. The first kappa shape index (κ1) is 15.2. The Kier molecular flexibility index (Phi) is 4.18. The predicted molar refractivity (Wildman–Crippen MR) is 87.6 cm³/mol. The molecule has 4 rings (SSSR count). The van der Waals surface area contributed by atoms with E-state index in [-0.39, 0.29) is 12.6 Å². The van der Waals surface area contributed by atoms with Crippen molar-refractivity contribution in [2.24, 2.45) is 0 Å². The van der Waals surface area contributed by atoms with Crippen molar-refractivity contribution >= 4 is 11.8 Å². The van der Waals surface area contributed by atoms with Crippen molar-refractivity contribution in [2.75, 3.05) is 6.79 Å². The van der Waals surface area contributed by atoms with Gasteiger partial charge in [-0.05, 0) is 24.3 Å². The summed E-state index contributed by atoms with van der Waals surface area (Å²) in [5.41, 5.74) is 2.51. The maximum Gasteiger partial charge on any atom is 0.195 e. The van der Waals surface area contributed by atoms with Gasteiger partial charge in [-0.2, -0.15) is 0 Å². The van der Waals surface area contributed by atoms with Crippen LogP contribution < -0.4 is 4.74 Å². The normalized spacial score (nSPS) is 13.4. The van der Waals surface area contributed by atoms with Gasteiger partial charge in [0.1, 0.15) is 17.9 Å². The second-order valence-corrected chi connectivity index (χ2v) is 6.21. The molecule has 0 N–H and O–H groups in total. The second-order valence-electron chi connectivity index (χ2n) is 5.27. The lowest BCUT2D eigenvalue weighted by atomic mass is 10.1. The third-order valence-electron chi connectivity index (χ3n) is 3.66. The van der Waals surface area contributed by atoms with Gasteiger partial charge < -0.3 is 9.47 Å². The first-order chi connectivity index (χ1) is 11.8. The van der Waals surface area contributed by atoms with Gasteiger partial charge in [0.15, 0.2) is 11.9 Å². The largest absolute Gasteiger partial charge is 0.467 e. The number of nitrogens with zero attached hydrogens (tertiary/aromatic N) is 3. The average molecular weight is 343 g/mol. The molecule has 0 amide bonds. The molecule has 0 saturated heterocycles. The van der Waals surface area contributed by atoms with E-state index in [1.165, 1.54) is 23.9 Å². The predicted octanol–water partition coefficient (Wildman–Crippen LogP) is 3.57. The van der Waals surface area contributed by atoms with E-state index in [4.69, 9.17) is 9.47 Å². The van der Waals surface area contributed by atoms with Crippen molar-refractivity contribution in [3.63, 3.8) is 0 Å². The topological polar surface area (TPSA) is 49.2 Å². The minimum absolute atomic E-state index is 0.191. The summed E-state index contributed by atoms with van der Waals surface area (Å²) in [5.74, 6) is 0.954. The molecule has 3 aromatic rings. The zero-order chi connectivity index (χ0) is 16.4. The van der Waals surface area contributed by atoms with Crippen molar-refractivity contribution in [3.05, 3.63) is 65.7 Å². The van der Waals surface area contributed by atoms with Crippen LogP contribution in [0.2, 0.25) is 0 Å². The molecular formula is C17H14FN3O2S. The Hall–Kier alpha value is -2.38. The number of aromatic nitrogens is 3. The number of rotatable bonds is 4. The summed E-state index contributed by atoms with van der Waals surface area (Å²) in [5, 5.41) is 8.88. The molecular weight excluding hydrogens is 329 g/mol. The van der Waals surface area contributed by atoms with Crippen LogP contribution in [0.15, 0.2) is 53.9 Å². The first-order valence-corrected chi connectivity index (χ1v) is 8.40. The van der Waals surface area contributed by atoms with Gasteiger partial charge in [-0.1, -0.05) is 30.0 Å². The summed E-state index contributed by atoms with van der Waals surface area (Å²) in [7, 11) is 0. The molecule has 0 radical (unpaired) electrons. The Labute approximate surface area is 142 Å². The number of thioether (sulfide) groups is 1. The molecule has 1 aromatic heterocycles. The molecule has 0 unspecified atom stereocenters. The summed E-state index contributed by atoms with van der Waals surface area (Å²) >= 11 is 1.49. The second kappa shape index (κ2) is 6.62. The molecule has 24 heavy (non-hydrogen) atoms. The fraction of sp³-hybridized carbons (Fsp3) is 0.176. The maximum atomic E-state index is 13.8. The summed E-state index contributed by atoms with van der Waals surface area (Å²) in [4.78, 5) is 0. The van der Waals surface area contributed by atoms with Crippen LogP contribution >= 0.6 is 11.8 Å². The van der Waals surface area contributed by atoms with Gasteiger partial charge in [0.05, 0.1) is 6.61 Å². The van der Waals surface area contributed by atoms with Crippen LogP contribution in [0, 0.1) is 5.82 Å². The lowest BCUT2D eigenvalue weighted by molar-refractivity contribution is -0.0171. The average Bonchev–Trinajstić information content (AvgIpc) is 3.09. The van der Waals surface area contributed by atoms with Gasteiger partial charge in [-0.25, -0.2) is 4.39 Å². The Balaban J connectivity index is 1.59. The van der Waals surface area contributed by atoms with Crippen LogP contribution in [0.5, 0.6) is 5.75 Å². The fourth-order valence-electron chi connectivity index (χ4n) is 2.59. The van der Waals surface area contributed by atoms with Gasteiger partial charge in [-0.15, -0.1) is 10.2 Å². The van der Waals surface area contributed by atoms with E-state index in [9.17, 15) is 4.39 Å². The molecule has 2 heterocycles. The Morgan fingerprint density at radius 1 is 1.21 bits per heavy atom. The van der Waals surface area contributed by atoms with Crippen molar-refractivity contribution in [1.82, 2.24) is 14.8 Å². The zero-order valence-corrected chi connectivity index (χ0v) is 13.5. The van der Waals surface area contributed by atoms with E-state index in [0.29, 0.717) is 18.1 Å². The third-order valence-corrected chi connectivity index (χ3v) is 4.65. The Morgan fingerprint density at radius 3 is 2.96 bits per heavy atom. The summed E-state index contributed by atoms with van der Waals surface area (Å²) < 4.78 is 26.5. The van der Waals surface area contributed by atoms with Crippen molar-refractivity contribution < 1.29 is 13.9 Å². The molecule has 0 saturated carbocycles. The quantitative estimate of drug-likeness (QED) is 0.678. The minimum Gasteiger partial charge on any atom is -0.467 e. The van der Waals surface area contributed by atoms with Gasteiger partial charge >= 0.3 is 0 Å². The maximum absolute atomic E-state index is 13.8. The van der Waals surface area contributed by atoms with E-state index >= 15 is 0 Å². The van der Waals surface area contributed by atoms with Gasteiger partial charge in [-0.3, -0.25) is 4.57 Å². The van der Waals surface area contributed by atoms with Crippen LogP contribution in [0.4, 0.5) is 4.39 Å². The lowest BCUT2D eigenvalue weighted by Crippen LogP contribution is -2.13. The minimum atomic E-state index is -0.289. The molecule has 2 aromatic carbocycles. The van der Waals surface area contributed by atoms with Crippen LogP contribution in [-0.4, -0.2) is 21.6 Å². The lowest BCUT2D eigenvalue weighted by Gasteiger charge is -2.20. The van der Waals surface area contributed by atoms with E-state index in [2.05, 4.69) is 10.2 Å².